The van der Waals surface area contributed by atoms with Crippen molar-refractivity contribution in [3.8, 4) is 11.5 Å². The number of sulfonamides is 1. The standard InChI is InChI=1S/C23H24FNO7S2/c1-30-15-14-25(33(26,27)22-12-8-20(31-2)9-13-22)17-18-4-3-5-21(16-18)32-34(28,29)23-10-6-19(24)7-11-23/h3-13,16H,14-15,17H2,1-2H3. The fourth-order valence-corrected chi connectivity index (χ4v) is 5.38. The van der Waals surface area contributed by atoms with E-state index < -0.39 is 26.0 Å². The van der Waals surface area contributed by atoms with Crippen molar-refractivity contribution < 1.29 is 34.9 Å². The van der Waals surface area contributed by atoms with E-state index in [4.69, 9.17) is 13.7 Å². The minimum Gasteiger partial charge on any atom is -0.497 e. The summed E-state index contributed by atoms with van der Waals surface area (Å²) < 4.78 is 81.2. The first-order valence-electron chi connectivity index (χ1n) is 10.1. The molecule has 0 unspecified atom stereocenters. The largest absolute Gasteiger partial charge is 0.497 e. The van der Waals surface area contributed by atoms with Crippen LogP contribution in [0.15, 0.2) is 82.6 Å². The number of methoxy groups -OCH3 is 2. The molecule has 0 aliphatic rings. The first kappa shape index (κ1) is 25.6. The second-order valence-corrected chi connectivity index (χ2v) is 10.6. The lowest BCUT2D eigenvalue weighted by Gasteiger charge is -2.22. The van der Waals surface area contributed by atoms with Gasteiger partial charge in [0, 0.05) is 20.2 Å². The lowest BCUT2D eigenvalue weighted by molar-refractivity contribution is 0.177. The van der Waals surface area contributed by atoms with Crippen LogP contribution in [-0.4, -0.2) is 48.5 Å². The maximum Gasteiger partial charge on any atom is 0.339 e. The molecular weight excluding hydrogens is 485 g/mol. The van der Waals surface area contributed by atoms with Gasteiger partial charge in [0.05, 0.1) is 18.6 Å². The monoisotopic (exact) mass is 509 g/mol. The van der Waals surface area contributed by atoms with Gasteiger partial charge in [-0.05, 0) is 66.2 Å². The molecule has 0 fully saturated rings. The molecule has 0 spiro atoms. The number of benzene rings is 3. The molecule has 0 bridgehead atoms. The summed E-state index contributed by atoms with van der Waals surface area (Å²) in [7, 11) is -5.14. The second kappa shape index (κ2) is 11.0. The quantitative estimate of drug-likeness (QED) is 0.365. The van der Waals surface area contributed by atoms with Gasteiger partial charge < -0.3 is 13.7 Å². The van der Waals surface area contributed by atoms with Gasteiger partial charge in [0.15, 0.2) is 0 Å². The number of rotatable bonds is 11. The molecule has 8 nitrogen and oxygen atoms in total. The van der Waals surface area contributed by atoms with Crippen LogP contribution in [0.1, 0.15) is 5.56 Å². The van der Waals surface area contributed by atoms with Crippen LogP contribution >= 0.6 is 0 Å². The highest BCUT2D eigenvalue weighted by molar-refractivity contribution is 7.89. The summed E-state index contributed by atoms with van der Waals surface area (Å²) in [6.07, 6.45) is 0. The van der Waals surface area contributed by atoms with Crippen LogP contribution in [0, 0.1) is 5.82 Å². The molecule has 11 heteroatoms. The van der Waals surface area contributed by atoms with Crippen molar-refractivity contribution in [1.82, 2.24) is 4.31 Å². The lowest BCUT2D eigenvalue weighted by atomic mass is 10.2. The van der Waals surface area contributed by atoms with Gasteiger partial charge in [0.2, 0.25) is 10.0 Å². The SMILES string of the molecule is COCCN(Cc1cccc(OS(=O)(=O)c2ccc(F)cc2)c1)S(=O)(=O)c1ccc(OC)cc1. The smallest absolute Gasteiger partial charge is 0.339 e. The van der Waals surface area contributed by atoms with Crippen LogP contribution in [0.4, 0.5) is 4.39 Å². The lowest BCUT2D eigenvalue weighted by Crippen LogP contribution is -2.33. The Hall–Kier alpha value is -2.99. The Bertz CT molecular complexity index is 1310. The van der Waals surface area contributed by atoms with Crippen molar-refractivity contribution in [3.63, 3.8) is 0 Å². The molecule has 0 heterocycles. The molecular formula is C23H24FNO7S2. The molecule has 34 heavy (non-hydrogen) atoms. The first-order valence-corrected chi connectivity index (χ1v) is 12.9. The average Bonchev–Trinajstić information content (AvgIpc) is 2.82. The van der Waals surface area contributed by atoms with E-state index in [2.05, 4.69) is 0 Å². The zero-order valence-electron chi connectivity index (χ0n) is 18.5. The van der Waals surface area contributed by atoms with Gasteiger partial charge in [0.1, 0.15) is 22.2 Å². The summed E-state index contributed by atoms with van der Waals surface area (Å²) in [6.45, 7) is 0.180. The highest BCUT2D eigenvalue weighted by Gasteiger charge is 2.25. The van der Waals surface area contributed by atoms with Crippen molar-refractivity contribution in [2.45, 2.75) is 16.3 Å². The summed E-state index contributed by atoms with van der Waals surface area (Å²) >= 11 is 0. The van der Waals surface area contributed by atoms with Crippen molar-refractivity contribution in [2.75, 3.05) is 27.4 Å². The molecule has 0 saturated carbocycles. The zero-order valence-corrected chi connectivity index (χ0v) is 20.2. The van der Waals surface area contributed by atoms with Gasteiger partial charge in [-0.3, -0.25) is 0 Å². The van der Waals surface area contributed by atoms with Crippen molar-refractivity contribution >= 4 is 20.1 Å². The molecule has 3 rings (SSSR count). The molecule has 3 aromatic rings. The number of hydrogen-bond donors (Lipinski definition) is 0. The third kappa shape index (κ3) is 6.32. The Kier molecular flexibility index (Phi) is 8.26. The van der Waals surface area contributed by atoms with E-state index in [9.17, 15) is 21.2 Å². The first-order chi connectivity index (χ1) is 16.2. The molecule has 3 aromatic carbocycles. The normalized spacial score (nSPS) is 12.0. The molecule has 0 atom stereocenters. The van der Waals surface area contributed by atoms with E-state index >= 15 is 0 Å². The van der Waals surface area contributed by atoms with Gasteiger partial charge in [-0.1, -0.05) is 12.1 Å². The fourth-order valence-electron chi connectivity index (χ4n) is 3.05. The number of ether oxygens (including phenoxy) is 2. The van der Waals surface area contributed by atoms with Gasteiger partial charge in [0.25, 0.3) is 0 Å². The highest BCUT2D eigenvalue weighted by Crippen LogP contribution is 2.24. The highest BCUT2D eigenvalue weighted by atomic mass is 32.2. The zero-order chi connectivity index (χ0) is 24.8. The van der Waals surface area contributed by atoms with Gasteiger partial charge in [-0.25, -0.2) is 12.8 Å². The van der Waals surface area contributed by atoms with Crippen LogP contribution < -0.4 is 8.92 Å². The third-order valence-electron chi connectivity index (χ3n) is 4.81. The van der Waals surface area contributed by atoms with E-state index in [0.29, 0.717) is 11.3 Å². The van der Waals surface area contributed by atoms with E-state index in [0.717, 1.165) is 24.3 Å². The maximum atomic E-state index is 13.2. The summed E-state index contributed by atoms with van der Waals surface area (Å²) in [6, 6.07) is 16.3. The molecule has 0 aliphatic carbocycles. The van der Waals surface area contributed by atoms with Gasteiger partial charge in [-0.2, -0.15) is 12.7 Å². The summed E-state index contributed by atoms with van der Waals surface area (Å²) in [5, 5.41) is 0. The van der Waals surface area contributed by atoms with Crippen molar-refractivity contribution in [3.05, 3.63) is 84.2 Å². The summed E-state index contributed by atoms with van der Waals surface area (Å²) in [5.41, 5.74) is 0.500. The average molecular weight is 510 g/mol. The van der Waals surface area contributed by atoms with Crippen LogP contribution in [0.25, 0.3) is 0 Å². The van der Waals surface area contributed by atoms with Crippen LogP contribution in [0.3, 0.4) is 0 Å². The van der Waals surface area contributed by atoms with Crippen LogP contribution in [0.5, 0.6) is 11.5 Å². The number of halogens is 1. The maximum absolute atomic E-state index is 13.2. The Labute approximate surface area is 198 Å². The van der Waals surface area contributed by atoms with Gasteiger partial charge >= 0.3 is 10.1 Å². The van der Waals surface area contributed by atoms with E-state index in [1.165, 1.54) is 42.8 Å². The molecule has 0 aliphatic heterocycles. The topological polar surface area (TPSA) is 99.2 Å². The third-order valence-corrected chi connectivity index (χ3v) is 7.93. The van der Waals surface area contributed by atoms with Crippen molar-refractivity contribution in [2.24, 2.45) is 0 Å². The molecule has 0 radical (unpaired) electrons. The Morgan fingerprint density at radius 2 is 1.47 bits per heavy atom. The van der Waals surface area contributed by atoms with Crippen LogP contribution in [-0.2, 0) is 31.4 Å². The Morgan fingerprint density at radius 1 is 0.824 bits per heavy atom. The van der Waals surface area contributed by atoms with E-state index in [1.54, 1.807) is 24.3 Å². The van der Waals surface area contributed by atoms with Crippen molar-refractivity contribution in [1.29, 1.82) is 0 Å². The molecule has 0 N–H and O–H groups in total. The molecule has 0 aromatic heterocycles. The van der Waals surface area contributed by atoms with Gasteiger partial charge in [-0.15, -0.1) is 0 Å². The molecule has 0 amide bonds. The summed E-state index contributed by atoms with van der Waals surface area (Å²) in [5.74, 6) is -0.0554. The van der Waals surface area contributed by atoms with E-state index in [-0.39, 0.29) is 35.2 Å². The predicted octanol–water partition coefficient (Wildman–Crippen LogP) is 3.44. The number of hydrogen-bond acceptors (Lipinski definition) is 7. The Balaban J connectivity index is 1.84. The fraction of sp³-hybridized carbons (Fsp3) is 0.217. The molecule has 0 saturated heterocycles. The minimum atomic E-state index is -4.20. The number of nitrogens with zero attached hydrogens (tertiary/aromatic N) is 1. The van der Waals surface area contributed by atoms with Crippen LogP contribution in [0.2, 0.25) is 0 Å². The second-order valence-electron chi connectivity index (χ2n) is 7.15. The van der Waals surface area contributed by atoms with E-state index in [1.807, 2.05) is 0 Å². The molecule has 182 valence electrons. The Morgan fingerprint density at radius 3 is 2.09 bits per heavy atom. The predicted molar refractivity (Wildman–Crippen MR) is 123 cm³/mol. The minimum absolute atomic E-state index is 0.00429. The summed E-state index contributed by atoms with van der Waals surface area (Å²) in [4.78, 5) is -0.126.